The number of ether oxygens (including phenoxy) is 2. The summed E-state index contributed by atoms with van der Waals surface area (Å²) >= 11 is 0. The highest BCUT2D eigenvalue weighted by atomic mass is 16.5. The van der Waals surface area contributed by atoms with E-state index in [-0.39, 0.29) is 12.5 Å². The van der Waals surface area contributed by atoms with Crippen LogP contribution in [0.25, 0.3) is 0 Å². The fourth-order valence-electron chi connectivity index (χ4n) is 2.15. The number of methoxy groups -OCH3 is 1. The third-order valence-corrected chi connectivity index (χ3v) is 3.28. The molecule has 0 unspecified atom stereocenters. The van der Waals surface area contributed by atoms with E-state index in [2.05, 4.69) is 17.8 Å². The van der Waals surface area contributed by atoms with Crippen LogP contribution in [-0.2, 0) is 11.2 Å². The van der Waals surface area contributed by atoms with Crippen molar-refractivity contribution in [3.05, 3.63) is 66.2 Å². The molecule has 0 bridgehead atoms. The molecule has 0 saturated carbocycles. The number of hydrogen-bond acceptors (Lipinski definition) is 3. The van der Waals surface area contributed by atoms with Gasteiger partial charge in [-0.25, -0.2) is 0 Å². The third kappa shape index (κ3) is 4.65. The van der Waals surface area contributed by atoms with Gasteiger partial charge in [0.05, 0.1) is 7.11 Å². The van der Waals surface area contributed by atoms with Crippen LogP contribution in [-0.4, -0.2) is 19.6 Å². The molecule has 2 aromatic carbocycles. The van der Waals surface area contributed by atoms with Crippen molar-refractivity contribution in [3.8, 4) is 23.8 Å². The highest BCUT2D eigenvalue weighted by molar-refractivity contribution is 5.92. The maximum Gasteiger partial charge on any atom is 0.262 e. The Hall–Kier alpha value is -3.19. The first kappa shape index (κ1) is 17.2. The Morgan fingerprint density at radius 1 is 1.29 bits per heavy atom. The summed E-state index contributed by atoms with van der Waals surface area (Å²) in [5.41, 5.74) is 2.39. The van der Waals surface area contributed by atoms with Gasteiger partial charge in [0.25, 0.3) is 5.91 Å². The first-order valence-electron chi connectivity index (χ1n) is 7.43. The normalized spacial score (nSPS) is 9.67. The highest BCUT2D eigenvalue weighted by Gasteiger charge is 2.09. The fourth-order valence-corrected chi connectivity index (χ4v) is 2.15. The molecule has 4 nitrogen and oxygen atoms in total. The van der Waals surface area contributed by atoms with E-state index >= 15 is 0 Å². The number of terminal acetylenes is 1. The van der Waals surface area contributed by atoms with Crippen molar-refractivity contribution in [2.75, 3.05) is 19.0 Å². The number of hydrogen-bond donors (Lipinski definition) is 1. The molecule has 4 heteroatoms. The molecule has 0 atom stereocenters. The van der Waals surface area contributed by atoms with Gasteiger partial charge in [-0.2, -0.15) is 0 Å². The summed E-state index contributed by atoms with van der Waals surface area (Å²) in [4.78, 5) is 12.0. The van der Waals surface area contributed by atoms with E-state index in [1.54, 1.807) is 37.4 Å². The second kappa shape index (κ2) is 8.44. The Balaban J connectivity index is 1.98. The molecule has 0 radical (unpaired) electrons. The number of allylic oxidation sites excluding steroid dienone is 1. The lowest BCUT2D eigenvalue weighted by molar-refractivity contribution is -0.118. The first-order valence-corrected chi connectivity index (χ1v) is 7.43. The molecule has 1 amide bonds. The van der Waals surface area contributed by atoms with Gasteiger partial charge >= 0.3 is 0 Å². The minimum atomic E-state index is -0.276. The number of benzene rings is 2. The summed E-state index contributed by atoms with van der Waals surface area (Å²) in [7, 11) is 1.56. The largest absolute Gasteiger partial charge is 0.493 e. The number of rotatable bonds is 7. The van der Waals surface area contributed by atoms with E-state index in [0.29, 0.717) is 22.7 Å². The molecule has 0 aromatic heterocycles. The molecule has 0 spiro atoms. The van der Waals surface area contributed by atoms with Crippen LogP contribution in [0.15, 0.2) is 55.1 Å². The van der Waals surface area contributed by atoms with Gasteiger partial charge in [-0.15, -0.1) is 13.0 Å². The topological polar surface area (TPSA) is 47.6 Å². The maximum atomic E-state index is 12.0. The summed E-state index contributed by atoms with van der Waals surface area (Å²) < 4.78 is 10.8. The van der Waals surface area contributed by atoms with Crippen LogP contribution in [0.4, 0.5) is 5.69 Å². The van der Waals surface area contributed by atoms with Gasteiger partial charge in [0.2, 0.25) is 0 Å². The minimum absolute atomic E-state index is 0.128. The van der Waals surface area contributed by atoms with Crippen LogP contribution in [0.2, 0.25) is 0 Å². The number of nitrogens with one attached hydrogen (secondary N) is 1. The Labute approximate surface area is 142 Å². The summed E-state index contributed by atoms with van der Waals surface area (Å²) in [6.45, 7) is 3.58. The summed E-state index contributed by atoms with van der Waals surface area (Å²) in [6, 6.07) is 12.6. The minimum Gasteiger partial charge on any atom is -0.493 e. The fraction of sp³-hybridized carbons (Fsp3) is 0.150. The van der Waals surface area contributed by atoms with Gasteiger partial charge < -0.3 is 14.8 Å². The second-order valence-electron chi connectivity index (χ2n) is 5.04. The van der Waals surface area contributed by atoms with E-state index in [1.165, 1.54) is 0 Å². The zero-order valence-electron chi connectivity index (χ0n) is 13.5. The van der Waals surface area contributed by atoms with Gasteiger partial charge in [0, 0.05) is 11.3 Å². The summed E-state index contributed by atoms with van der Waals surface area (Å²) in [5, 5.41) is 2.74. The Morgan fingerprint density at radius 3 is 2.83 bits per heavy atom. The van der Waals surface area contributed by atoms with E-state index in [4.69, 9.17) is 15.9 Å². The van der Waals surface area contributed by atoms with Crippen LogP contribution >= 0.6 is 0 Å². The van der Waals surface area contributed by atoms with E-state index in [0.717, 1.165) is 12.0 Å². The molecule has 1 N–H and O–H groups in total. The summed E-state index contributed by atoms with van der Waals surface area (Å²) in [5.74, 6) is 3.34. The van der Waals surface area contributed by atoms with Crippen LogP contribution in [0.1, 0.15) is 11.1 Å². The zero-order valence-corrected chi connectivity index (χ0v) is 13.5. The Bertz CT molecular complexity index is 775. The molecule has 0 saturated heterocycles. The van der Waals surface area contributed by atoms with Crippen molar-refractivity contribution < 1.29 is 14.3 Å². The SMILES string of the molecule is C#Cc1cccc(NC(=O)COc2ccc(CC=C)cc2OC)c1. The molecule has 0 aliphatic carbocycles. The molecule has 0 heterocycles. The Morgan fingerprint density at radius 2 is 2.12 bits per heavy atom. The molecule has 0 aliphatic heterocycles. The lowest BCUT2D eigenvalue weighted by Gasteiger charge is -2.12. The zero-order chi connectivity index (χ0) is 17.4. The van der Waals surface area contributed by atoms with Crippen molar-refractivity contribution >= 4 is 11.6 Å². The Kier molecular flexibility index (Phi) is 6.04. The molecule has 2 aromatic rings. The van der Waals surface area contributed by atoms with Gasteiger partial charge in [0.15, 0.2) is 18.1 Å². The maximum absolute atomic E-state index is 12.0. The second-order valence-corrected chi connectivity index (χ2v) is 5.04. The molecule has 24 heavy (non-hydrogen) atoms. The van der Waals surface area contributed by atoms with Gasteiger partial charge in [-0.3, -0.25) is 4.79 Å². The van der Waals surface area contributed by atoms with Crippen molar-refractivity contribution in [1.29, 1.82) is 0 Å². The van der Waals surface area contributed by atoms with Crippen molar-refractivity contribution in [2.24, 2.45) is 0 Å². The van der Waals surface area contributed by atoms with E-state index in [1.807, 2.05) is 18.2 Å². The number of amides is 1. The average molecular weight is 321 g/mol. The smallest absolute Gasteiger partial charge is 0.262 e. The molecule has 2 rings (SSSR count). The predicted molar refractivity (Wildman–Crippen MR) is 95.4 cm³/mol. The number of anilines is 1. The van der Waals surface area contributed by atoms with Crippen molar-refractivity contribution in [3.63, 3.8) is 0 Å². The third-order valence-electron chi connectivity index (χ3n) is 3.28. The van der Waals surface area contributed by atoms with E-state index in [9.17, 15) is 4.79 Å². The van der Waals surface area contributed by atoms with Crippen LogP contribution < -0.4 is 14.8 Å². The number of carbonyl (C=O) groups excluding carboxylic acids is 1. The van der Waals surface area contributed by atoms with E-state index < -0.39 is 0 Å². The molecule has 0 aliphatic rings. The monoisotopic (exact) mass is 321 g/mol. The quantitative estimate of drug-likeness (QED) is 0.628. The molecule has 122 valence electrons. The highest BCUT2D eigenvalue weighted by Crippen LogP contribution is 2.28. The standard InChI is InChI=1S/C20H19NO3/c1-4-7-16-10-11-18(19(13-16)23-3)24-14-20(22)21-17-9-6-8-15(5-2)12-17/h2,4,6,8-13H,1,7,14H2,3H3,(H,21,22). The van der Waals surface area contributed by atoms with Gasteiger partial charge in [-0.1, -0.05) is 24.1 Å². The van der Waals surface area contributed by atoms with Crippen LogP contribution in [0.3, 0.4) is 0 Å². The number of carbonyl (C=O) groups is 1. The molecular formula is C20H19NO3. The van der Waals surface area contributed by atoms with Crippen molar-refractivity contribution in [1.82, 2.24) is 0 Å². The van der Waals surface area contributed by atoms with Crippen LogP contribution in [0, 0.1) is 12.3 Å². The average Bonchev–Trinajstić information content (AvgIpc) is 2.61. The van der Waals surface area contributed by atoms with Crippen molar-refractivity contribution in [2.45, 2.75) is 6.42 Å². The summed E-state index contributed by atoms with van der Waals surface area (Å²) in [6.07, 6.45) is 7.89. The predicted octanol–water partition coefficient (Wildman–Crippen LogP) is 3.42. The van der Waals surface area contributed by atoms with Crippen LogP contribution in [0.5, 0.6) is 11.5 Å². The molecule has 0 fully saturated rings. The van der Waals surface area contributed by atoms with Gasteiger partial charge in [-0.05, 0) is 42.3 Å². The lowest BCUT2D eigenvalue weighted by Crippen LogP contribution is -2.20. The van der Waals surface area contributed by atoms with Gasteiger partial charge in [0.1, 0.15) is 0 Å². The molecular weight excluding hydrogens is 302 g/mol. The first-order chi connectivity index (χ1) is 11.7. The lowest BCUT2D eigenvalue weighted by atomic mass is 10.1.